The summed E-state index contributed by atoms with van der Waals surface area (Å²) in [7, 11) is 0. The van der Waals surface area contributed by atoms with E-state index in [1.54, 1.807) is 30.6 Å². The van der Waals surface area contributed by atoms with Gasteiger partial charge in [-0.05, 0) is 23.8 Å². The molecule has 0 aliphatic rings. The van der Waals surface area contributed by atoms with Gasteiger partial charge in [-0.3, -0.25) is 14.7 Å². The second-order valence-electron chi connectivity index (χ2n) is 4.37. The Balaban J connectivity index is 2.45. The molecule has 0 fully saturated rings. The lowest BCUT2D eigenvalue weighted by Crippen LogP contribution is -2.36. The minimum absolute atomic E-state index is 0.0460. The maximum absolute atomic E-state index is 11.7. The average molecular weight is 298 g/mol. The normalized spacial score (nSPS) is 10.0. The number of amides is 1. The molecule has 2 rings (SSSR count). The molecule has 0 bridgehead atoms. The molecule has 0 unspecified atom stereocenters. The molecule has 0 aromatic carbocycles. The molecule has 2 aromatic rings. The number of aliphatic hydroxyl groups excluding tert-OH is 2. The topological polar surface area (TPSA) is 110 Å². The van der Waals surface area contributed by atoms with Crippen LogP contribution in [0, 0.1) is 11.3 Å². The van der Waals surface area contributed by atoms with Crippen molar-refractivity contribution >= 4 is 11.7 Å². The third-order valence-electron chi connectivity index (χ3n) is 3.02. The summed E-state index contributed by atoms with van der Waals surface area (Å²) in [4.78, 5) is 20.9. The van der Waals surface area contributed by atoms with Gasteiger partial charge in [-0.1, -0.05) is 0 Å². The molecule has 0 aliphatic heterocycles. The predicted molar refractivity (Wildman–Crippen MR) is 78.7 cm³/mol. The van der Waals surface area contributed by atoms with E-state index in [-0.39, 0.29) is 24.5 Å². The first-order valence-corrected chi connectivity index (χ1v) is 6.54. The van der Waals surface area contributed by atoms with Crippen molar-refractivity contribution < 1.29 is 15.0 Å². The second-order valence-corrected chi connectivity index (χ2v) is 4.37. The molecular weight excluding hydrogens is 284 g/mol. The third-order valence-corrected chi connectivity index (χ3v) is 3.02. The van der Waals surface area contributed by atoms with Crippen LogP contribution in [-0.4, -0.2) is 45.8 Å². The maximum Gasteiger partial charge on any atom is 0.253 e. The summed E-state index contributed by atoms with van der Waals surface area (Å²) in [6.07, 6.45) is 4.78. The minimum Gasteiger partial charge on any atom is -0.395 e. The van der Waals surface area contributed by atoms with Gasteiger partial charge in [-0.15, -0.1) is 0 Å². The van der Waals surface area contributed by atoms with Gasteiger partial charge in [0, 0.05) is 24.2 Å². The number of nitriles is 1. The minimum atomic E-state index is -0.724. The molecule has 22 heavy (non-hydrogen) atoms. The number of rotatable bonds is 5. The number of aliphatic hydroxyl groups is 2. The van der Waals surface area contributed by atoms with E-state index in [0.717, 1.165) is 10.5 Å². The van der Waals surface area contributed by atoms with E-state index in [1.807, 2.05) is 6.07 Å². The molecule has 0 spiro atoms. The van der Waals surface area contributed by atoms with Gasteiger partial charge in [0.25, 0.3) is 5.91 Å². The first kappa shape index (κ1) is 15.6. The Morgan fingerprint density at radius 3 is 2.59 bits per heavy atom. The molecule has 1 amide bonds. The summed E-state index contributed by atoms with van der Waals surface area (Å²) in [6, 6.07) is 7.15. The van der Waals surface area contributed by atoms with Crippen LogP contribution in [-0.2, 0) is 4.79 Å². The summed E-state index contributed by atoms with van der Waals surface area (Å²) < 4.78 is 0. The molecule has 0 saturated carbocycles. The van der Waals surface area contributed by atoms with Crippen LogP contribution in [0.3, 0.4) is 0 Å². The van der Waals surface area contributed by atoms with Crippen LogP contribution >= 0.6 is 0 Å². The van der Waals surface area contributed by atoms with Crippen molar-refractivity contribution in [1.29, 1.82) is 5.26 Å². The lowest BCUT2D eigenvalue weighted by Gasteiger charge is -2.21. The molecular formula is C15H14N4O3. The summed E-state index contributed by atoms with van der Waals surface area (Å²) >= 11 is 0. The highest BCUT2D eigenvalue weighted by atomic mass is 16.3. The Morgan fingerprint density at radius 2 is 2.00 bits per heavy atom. The lowest BCUT2D eigenvalue weighted by atomic mass is 10.1. The molecule has 7 heteroatoms. The number of carbonyl (C=O) groups excluding carboxylic acids is 1. The number of pyridine rings is 2. The highest BCUT2D eigenvalue weighted by Gasteiger charge is 2.19. The van der Waals surface area contributed by atoms with Crippen LogP contribution in [0.25, 0.3) is 11.1 Å². The fourth-order valence-electron chi connectivity index (χ4n) is 1.99. The van der Waals surface area contributed by atoms with E-state index in [2.05, 4.69) is 9.97 Å². The van der Waals surface area contributed by atoms with Crippen molar-refractivity contribution in [2.45, 2.75) is 0 Å². The van der Waals surface area contributed by atoms with E-state index in [9.17, 15) is 10.1 Å². The number of aromatic nitrogens is 2. The summed E-state index contributed by atoms with van der Waals surface area (Å²) in [5.74, 6) is -0.511. The van der Waals surface area contributed by atoms with Crippen LogP contribution in [0.2, 0.25) is 0 Å². The van der Waals surface area contributed by atoms with Crippen molar-refractivity contribution in [3.63, 3.8) is 0 Å². The van der Waals surface area contributed by atoms with E-state index in [0.29, 0.717) is 5.56 Å². The van der Waals surface area contributed by atoms with Gasteiger partial charge >= 0.3 is 0 Å². The highest BCUT2D eigenvalue weighted by Crippen LogP contribution is 2.24. The zero-order valence-corrected chi connectivity index (χ0v) is 11.7. The van der Waals surface area contributed by atoms with Crippen molar-refractivity contribution in [3.05, 3.63) is 42.4 Å². The first-order valence-electron chi connectivity index (χ1n) is 6.54. The second kappa shape index (κ2) is 7.26. The van der Waals surface area contributed by atoms with Gasteiger partial charge in [-0.25, -0.2) is 4.98 Å². The van der Waals surface area contributed by atoms with Gasteiger partial charge in [0.2, 0.25) is 0 Å². The van der Waals surface area contributed by atoms with Gasteiger partial charge in [0.1, 0.15) is 12.7 Å². The summed E-state index contributed by atoms with van der Waals surface area (Å²) in [6.45, 7) is -1.07. The Morgan fingerprint density at radius 1 is 1.27 bits per heavy atom. The first-order chi connectivity index (χ1) is 10.7. The molecule has 7 nitrogen and oxygen atoms in total. The number of nitrogens with zero attached hydrogens (tertiary/aromatic N) is 4. The van der Waals surface area contributed by atoms with E-state index in [4.69, 9.17) is 10.2 Å². The largest absolute Gasteiger partial charge is 0.395 e. The van der Waals surface area contributed by atoms with Gasteiger partial charge in [-0.2, -0.15) is 5.26 Å². The quantitative estimate of drug-likeness (QED) is 0.823. The van der Waals surface area contributed by atoms with Gasteiger partial charge < -0.3 is 10.2 Å². The van der Waals surface area contributed by atoms with Crippen molar-refractivity contribution in [2.24, 2.45) is 0 Å². The molecule has 0 atom stereocenters. The number of carbonyl (C=O) groups is 1. The zero-order valence-electron chi connectivity index (χ0n) is 11.7. The SMILES string of the molecule is N#Cc1cc(-c2ccncc2)cnc1N(CCO)C(=O)CO. The molecule has 112 valence electrons. The van der Waals surface area contributed by atoms with E-state index < -0.39 is 12.5 Å². The molecule has 0 saturated heterocycles. The predicted octanol–water partition coefficient (Wildman–Crippen LogP) is 0.333. The van der Waals surface area contributed by atoms with Crippen LogP contribution in [0.15, 0.2) is 36.8 Å². The van der Waals surface area contributed by atoms with Crippen molar-refractivity contribution in [1.82, 2.24) is 9.97 Å². The molecule has 0 radical (unpaired) electrons. The van der Waals surface area contributed by atoms with Crippen LogP contribution in [0.4, 0.5) is 5.82 Å². The lowest BCUT2D eigenvalue weighted by molar-refractivity contribution is -0.121. The maximum atomic E-state index is 11.7. The summed E-state index contributed by atoms with van der Waals surface area (Å²) in [5, 5.41) is 27.3. The van der Waals surface area contributed by atoms with E-state index in [1.165, 1.54) is 6.20 Å². The third kappa shape index (κ3) is 3.25. The Kier molecular flexibility index (Phi) is 5.14. The van der Waals surface area contributed by atoms with E-state index >= 15 is 0 Å². The highest BCUT2D eigenvalue weighted by molar-refractivity contribution is 5.94. The fraction of sp³-hybridized carbons (Fsp3) is 0.200. The monoisotopic (exact) mass is 298 g/mol. The molecule has 0 aliphatic carbocycles. The zero-order chi connectivity index (χ0) is 15.9. The van der Waals surface area contributed by atoms with Crippen LogP contribution in [0.5, 0.6) is 0 Å². The Labute approximate surface area is 127 Å². The number of hydrogen-bond donors (Lipinski definition) is 2. The standard InChI is InChI=1S/C15H14N4O3/c16-8-12-7-13(11-1-3-17-4-2-11)9-18-15(12)19(5-6-20)14(22)10-21/h1-4,7,9,20-21H,5-6,10H2. The van der Waals surface area contributed by atoms with Crippen LogP contribution in [0.1, 0.15) is 5.56 Å². The molecule has 2 aromatic heterocycles. The van der Waals surface area contributed by atoms with Crippen molar-refractivity contribution in [2.75, 3.05) is 24.7 Å². The van der Waals surface area contributed by atoms with Gasteiger partial charge in [0.05, 0.1) is 18.7 Å². The summed E-state index contributed by atoms with van der Waals surface area (Å²) in [5.41, 5.74) is 1.74. The van der Waals surface area contributed by atoms with Gasteiger partial charge in [0.15, 0.2) is 5.82 Å². The number of hydrogen-bond acceptors (Lipinski definition) is 6. The smallest absolute Gasteiger partial charge is 0.253 e. The molecule has 2 heterocycles. The molecule has 2 N–H and O–H groups in total. The average Bonchev–Trinajstić information content (AvgIpc) is 2.59. The Hall–Kier alpha value is -2.82. The fourth-order valence-corrected chi connectivity index (χ4v) is 1.99. The Bertz CT molecular complexity index is 698. The van der Waals surface area contributed by atoms with Crippen LogP contribution < -0.4 is 4.90 Å². The van der Waals surface area contributed by atoms with Crippen molar-refractivity contribution in [3.8, 4) is 17.2 Å². The number of anilines is 1.